The monoisotopic (exact) mass is 436 g/mol. The maximum Gasteiger partial charge on any atom is 0.243 e. The summed E-state index contributed by atoms with van der Waals surface area (Å²) >= 11 is 0. The Morgan fingerprint density at radius 1 is 1.19 bits per heavy atom. The molecule has 0 bridgehead atoms. The number of sulfonamides is 1. The molecule has 0 spiro atoms. The molecule has 1 aromatic heterocycles. The van der Waals surface area contributed by atoms with Crippen LogP contribution in [0, 0.1) is 17.2 Å². The van der Waals surface area contributed by atoms with Crippen LogP contribution in [0.4, 0.5) is 5.88 Å². The summed E-state index contributed by atoms with van der Waals surface area (Å²) in [6, 6.07) is 18.2. The summed E-state index contributed by atoms with van der Waals surface area (Å²) in [7, 11) is -3.52. The van der Waals surface area contributed by atoms with Crippen molar-refractivity contribution in [2.45, 2.75) is 31.2 Å². The first-order valence-corrected chi connectivity index (χ1v) is 11.7. The highest BCUT2D eigenvalue weighted by Crippen LogP contribution is 2.28. The van der Waals surface area contributed by atoms with E-state index in [9.17, 15) is 13.7 Å². The zero-order valence-corrected chi connectivity index (χ0v) is 18.1. The fraction of sp³-hybridized carbons (Fsp3) is 0.304. The number of rotatable bonds is 6. The Hall–Kier alpha value is -3.15. The second kappa shape index (κ2) is 8.92. The van der Waals surface area contributed by atoms with Gasteiger partial charge in [0, 0.05) is 25.2 Å². The van der Waals surface area contributed by atoms with Crippen molar-refractivity contribution in [3.63, 3.8) is 0 Å². The van der Waals surface area contributed by atoms with Gasteiger partial charge in [-0.3, -0.25) is 0 Å². The molecule has 1 aliphatic rings. The van der Waals surface area contributed by atoms with E-state index in [4.69, 9.17) is 4.42 Å². The van der Waals surface area contributed by atoms with Crippen LogP contribution in [0.25, 0.3) is 11.5 Å². The average molecular weight is 437 g/mol. The van der Waals surface area contributed by atoms with Gasteiger partial charge in [-0.2, -0.15) is 14.6 Å². The zero-order valence-electron chi connectivity index (χ0n) is 17.3. The molecule has 1 N–H and O–H groups in total. The first-order chi connectivity index (χ1) is 15.0. The van der Waals surface area contributed by atoms with Crippen LogP contribution in [0.15, 0.2) is 63.9 Å². The number of hydrogen-bond acceptors (Lipinski definition) is 6. The minimum absolute atomic E-state index is 0.157. The Labute approximate surface area is 182 Å². The highest BCUT2D eigenvalue weighted by molar-refractivity contribution is 7.89. The van der Waals surface area contributed by atoms with Crippen LogP contribution in [0.3, 0.4) is 0 Å². The van der Waals surface area contributed by atoms with Crippen molar-refractivity contribution < 1.29 is 12.8 Å². The topological polar surface area (TPSA) is 99.2 Å². The highest BCUT2D eigenvalue weighted by atomic mass is 32.2. The Morgan fingerprint density at radius 2 is 1.94 bits per heavy atom. The third kappa shape index (κ3) is 4.63. The Balaban J connectivity index is 1.52. The number of piperidine rings is 1. The molecule has 0 aliphatic carbocycles. The SMILES string of the molecule is C[C@H]1CCCN(S(=O)(=O)c2ccc(-c3nc(C#N)c(NCc4ccccc4)o3)cc2)C1. The van der Waals surface area contributed by atoms with Gasteiger partial charge in [0.05, 0.1) is 4.90 Å². The smallest absolute Gasteiger partial charge is 0.243 e. The van der Waals surface area contributed by atoms with Gasteiger partial charge < -0.3 is 9.73 Å². The van der Waals surface area contributed by atoms with Crippen LogP contribution in [0.2, 0.25) is 0 Å². The first-order valence-electron chi connectivity index (χ1n) is 10.3. The minimum Gasteiger partial charge on any atom is -0.419 e. The molecule has 3 aromatic rings. The third-order valence-corrected chi connectivity index (χ3v) is 7.27. The zero-order chi connectivity index (χ0) is 21.8. The summed E-state index contributed by atoms with van der Waals surface area (Å²) in [6.45, 7) is 3.67. The normalized spacial score (nSPS) is 17.2. The molecular weight excluding hydrogens is 412 g/mol. The standard InChI is InChI=1S/C23H24N4O3S/c1-17-6-5-13-27(16-17)31(28,29)20-11-9-19(10-12-20)22-26-21(14-24)23(30-22)25-15-18-7-3-2-4-8-18/h2-4,7-12,17,25H,5-6,13,15-16H2,1H3/t17-/m0/s1. The molecule has 160 valence electrons. The molecule has 1 saturated heterocycles. The molecule has 0 radical (unpaired) electrons. The van der Waals surface area contributed by atoms with Crippen LogP contribution in [-0.2, 0) is 16.6 Å². The van der Waals surface area contributed by atoms with E-state index >= 15 is 0 Å². The lowest BCUT2D eigenvalue weighted by molar-refractivity contribution is 0.281. The van der Waals surface area contributed by atoms with E-state index in [1.807, 2.05) is 36.4 Å². The fourth-order valence-corrected chi connectivity index (χ4v) is 5.30. The lowest BCUT2D eigenvalue weighted by Crippen LogP contribution is -2.39. The summed E-state index contributed by atoms with van der Waals surface area (Å²) in [5, 5.41) is 12.5. The maximum absolute atomic E-state index is 12.9. The quantitative estimate of drug-likeness (QED) is 0.620. The van der Waals surface area contributed by atoms with Gasteiger partial charge in [-0.05, 0) is 48.6 Å². The van der Waals surface area contributed by atoms with Gasteiger partial charge in [0.25, 0.3) is 0 Å². The van der Waals surface area contributed by atoms with Crippen LogP contribution in [-0.4, -0.2) is 30.8 Å². The van der Waals surface area contributed by atoms with Crippen LogP contribution < -0.4 is 5.32 Å². The molecule has 2 heterocycles. The van der Waals surface area contributed by atoms with Gasteiger partial charge in [0.1, 0.15) is 6.07 Å². The molecule has 0 saturated carbocycles. The van der Waals surface area contributed by atoms with E-state index in [1.54, 1.807) is 28.6 Å². The molecule has 1 fully saturated rings. The predicted molar refractivity (Wildman–Crippen MR) is 118 cm³/mol. The van der Waals surface area contributed by atoms with Crippen molar-refractivity contribution in [2.24, 2.45) is 5.92 Å². The molecule has 4 rings (SSSR count). The molecular formula is C23H24N4O3S. The largest absolute Gasteiger partial charge is 0.419 e. The fourth-order valence-electron chi connectivity index (χ4n) is 3.70. The molecule has 8 heteroatoms. The van der Waals surface area contributed by atoms with Crippen molar-refractivity contribution in [1.82, 2.24) is 9.29 Å². The van der Waals surface area contributed by atoms with Crippen molar-refractivity contribution in [3.8, 4) is 17.5 Å². The van der Waals surface area contributed by atoms with Gasteiger partial charge in [0.15, 0.2) is 0 Å². The van der Waals surface area contributed by atoms with E-state index in [1.165, 1.54) is 0 Å². The highest BCUT2D eigenvalue weighted by Gasteiger charge is 2.28. The van der Waals surface area contributed by atoms with Crippen LogP contribution in [0.5, 0.6) is 0 Å². The summed E-state index contributed by atoms with van der Waals surface area (Å²) in [4.78, 5) is 4.50. The Bertz CT molecular complexity index is 1180. The van der Waals surface area contributed by atoms with Crippen molar-refractivity contribution in [2.75, 3.05) is 18.4 Å². The van der Waals surface area contributed by atoms with E-state index in [0.29, 0.717) is 37.0 Å². The molecule has 0 amide bonds. The van der Waals surface area contributed by atoms with E-state index < -0.39 is 10.0 Å². The number of oxazole rings is 1. The second-order valence-electron chi connectivity index (χ2n) is 7.78. The van der Waals surface area contributed by atoms with Crippen molar-refractivity contribution in [1.29, 1.82) is 5.26 Å². The average Bonchev–Trinajstić information content (AvgIpc) is 3.22. The van der Waals surface area contributed by atoms with Crippen molar-refractivity contribution >= 4 is 15.9 Å². The number of nitriles is 1. The van der Waals surface area contributed by atoms with Gasteiger partial charge in [-0.1, -0.05) is 37.3 Å². The van der Waals surface area contributed by atoms with Crippen molar-refractivity contribution in [3.05, 3.63) is 65.9 Å². The molecule has 7 nitrogen and oxygen atoms in total. The summed E-state index contributed by atoms with van der Waals surface area (Å²) in [5.41, 5.74) is 1.81. The predicted octanol–water partition coefficient (Wildman–Crippen LogP) is 4.25. The number of hydrogen-bond donors (Lipinski definition) is 1. The molecule has 0 unspecified atom stereocenters. The van der Waals surface area contributed by atoms with Gasteiger partial charge >= 0.3 is 0 Å². The second-order valence-corrected chi connectivity index (χ2v) is 9.72. The van der Waals surface area contributed by atoms with E-state index in [2.05, 4.69) is 17.2 Å². The number of benzene rings is 2. The minimum atomic E-state index is -3.52. The molecule has 2 aromatic carbocycles. The lowest BCUT2D eigenvalue weighted by atomic mass is 10.0. The van der Waals surface area contributed by atoms with Gasteiger partial charge in [-0.15, -0.1) is 0 Å². The Kier molecular flexibility index (Phi) is 6.07. The molecule has 31 heavy (non-hydrogen) atoms. The summed E-state index contributed by atoms with van der Waals surface area (Å²) in [5.74, 6) is 0.921. The lowest BCUT2D eigenvalue weighted by Gasteiger charge is -2.30. The summed E-state index contributed by atoms with van der Waals surface area (Å²) < 4.78 is 33.2. The Morgan fingerprint density at radius 3 is 2.61 bits per heavy atom. The number of anilines is 1. The van der Waals surface area contributed by atoms with Gasteiger partial charge in [0.2, 0.25) is 27.5 Å². The first kappa shape index (κ1) is 21.1. The van der Waals surface area contributed by atoms with Gasteiger partial charge in [-0.25, -0.2) is 8.42 Å². The maximum atomic E-state index is 12.9. The van der Waals surface area contributed by atoms with Crippen LogP contribution in [0.1, 0.15) is 31.0 Å². The number of nitrogens with zero attached hydrogens (tertiary/aromatic N) is 3. The summed E-state index contributed by atoms with van der Waals surface area (Å²) in [6.07, 6.45) is 1.93. The molecule has 1 atom stereocenters. The number of aromatic nitrogens is 1. The third-order valence-electron chi connectivity index (χ3n) is 5.39. The number of nitrogens with one attached hydrogen (secondary N) is 1. The van der Waals surface area contributed by atoms with Crippen LogP contribution >= 0.6 is 0 Å². The van der Waals surface area contributed by atoms with E-state index in [-0.39, 0.29) is 16.5 Å². The van der Waals surface area contributed by atoms with E-state index in [0.717, 1.165) is 18.4 Å². The molecule has 1 aliphatic heterocycles.